The molecule has 0 unspecified atom stereocenters. The molecule has 0 saturated heterocycles. The van der Waals surface area contributed by atoms with Gasteiger partial charge in [0, 0.05) is 17.6 Å². The van der Waals surface area contributed by atoms with Crippen LogP contribution in [0.3, 0.4) is 0 Å². The fraction of sp³-hybridized carbons (Fsp3) is 0.417. The fourth-order valence-electron chi connectivity index (χ4n) is 1.44. The van der Waals surface area contributed by atoms with Crippen molar-refractivity contribution in [2.75, 3.05) is 5.32 Å². The van der Waals surface area contributed by atoms with Crippen molar-refractivity contribution in [1.29, 1.82) is 0 Å². The number of nitrogens with two attached hydrogens (primary N) is 1. The highest BCUT2D eigenvalue weighted by Gasteiger charge is 2.33. The van der Waals surface area contributed by atoms with Crippen LogP contribution in [0.15, 0.2) is 18.2 Å². The summed E-state index contributed by atoms with van der Waals surface area (Å²) >= 11 is 5.47. The number of halogens is 4. The first kappa shape index (κ1) is 15.8. The van der Waals surface area contributed by atoms with E-state index in [1.54, 1.807) is 13.8 Å². The monoisotopic (exact) mass is 294 g/mol. The second kappa shape index (κ2) is 5.38. The van der Waals surface area contributed by atoms with E-state index in [4.69, 9.17) is 17.3 Å². The van der Waals surface area contributed by atoms with Gasteiger partial charge < -0.3 is 11.1 Å². The van der Waals surface area contributed by atoms with Crippen molar-refractivity contribution in [3.63, 3.8) is 0 Å². The van der Waals surface area contributed by atoms with E-state index in [-0.39, 0.29) is 12.1 Å². The van der Waals surface area contributed by atoms with Crippen LogP contribution in [0.2, 0.25) is 5.02 Å². The smallest absolute Gasteiger partial charge is 0.326 e. The van der Waals surface area contributed by atoms with Gasteiger partial charge in [-0.05, 0) is 32.0 Å². The van der Waals surface area contributed by atoms with Gasteiger partial charge in [0.05, 0.1) is 10.6 Å². The van der Waals surface area contributed by atoms with Crippen molar-refractivity contribution in [2.45, 2.75) is 32.0 Å². The number of rotatable bonds is 3. The lowest BCUT2D eigenvalue weighted by atomic mass is 10.0. The van der Waals surface area contributed by atoms with Gasteiger partial charge in [-0.25, -0.2) is 0 Å². The second-order valence-corrected chi connectivity index (χ2v) is 5.31. The van der Waals surface area contributed by atoms with Gasteiger partial charge in [-0.15, -0.1) is 0 Å². The summed E-state index contributed by atoms with van der Waals surface area (Å²) < 4.78 is 37.9. The van der Waals surface area contributed by atoms with Crippen LogP contribution in [-0.2, 0) is 11.0 Å². The molecule has 0 heterocycles. The van der Waals surface area contributed by atoms with Gasteiger partial charge in [0.2, 0.25) is 5.91 Å². The van der Waals surface area contributed by atoms with Gasteiger partial charge in [-0.2, -0.15) is 13.2 Å². The van der Waals surface area contributed by atoms with E-state index >= 15 is 0 Å². The first-order valence-corrected chi connectivity index (χ1v) is 5.82. The maximum Gasteiger partial charge on any atom is 0.417 e. The standard InChI is InChI=1S/C12H14ClF3N2O/c1-11(2,17)6-10(19)18-7-3-4-9(13)8(5-7)12(14,15)16/h3-5H,6,17H2,1-2H3,(H,18,19). The number of alkyl halides is 3. The molecule has 0 aromatic heterocycles. The third kappa shape index (κ3) is 5.08. The lowest BCUT2D eigenvalue weighted by Gasteiger charge is -2.18. The summed E-state index contributed by atoms with van der Waals surface area (Å²) in [4.78, 5) is 11.6. The third-order valence-corrected chi connectivity index (χ3v) is 2.50. The van der Waals surface area contributed by atoms with E-state index in [0.29, 0.717) is 0 Å². The Labute approximate surface area is 113 Å². The molecule has 1 aromatic rings. The molecule has 0 bridgehead atoms. The van der Waals surface area contributed by atoms with Gasteiger partial charge in [-0.1, -0.05) is 11.6 Å². The molecule has 19 heavy (non-hydrogen) atoms. The predicted molar refractivity (Wildman–Crippen MR) is 68.0 cm³/mol. The van der Waals surface area contributed by atoms with Crippen LogP contribution >= 0.6 is 11.6 Å². The number of amides is 1. The number of anilines is 1. The molecular formula is C12H14ClF3N2O. The SMILES string of the molecule is CC(C)(N)CC(=O)Nc1ccc(Cl)c(C(F)(F)F)c1. The molecule has 0 atom stereocenters. The highest BCUT2D eigenvalue weighted by molar-refractivity contribution is 6.31. The lowest BCUT2D eigenvalue weighted by molar-refractivity contribution is -0.137. The van der Waals surface area contributed by atoms with E-state index in [0.717, 1.165) is 12.1 Å². The Bertz CT molecular complexity index is 481. The molecule has 1 aromatic carbocycles. The summed E-state index contributed by atoms with van der Waals surface area (Å²) in [6.45, 7) is 3.30. The van der Waals surface area contributed by atoms with Crippen molar-refractivity contribution < 1.29 is 18.0 Å². The molecule has 0 radical (unpaired) electrons. The topological polar surface area (TPSA) is 55.1 Å². The molecule has 3 nitrogen and oxygen atoms in total. The van der Waals surface area contributed by atoms with Crippen molar-refractivity contribution in [3.05, 3.63) is 28.8 Å². The van der Waals surface area contributed by atoms with Gasteiger partial charge in [0.15, 0.2) is 0 Å². The van der Waals surface area contributed by atoms with E-state index in [2.05, 4.69) is 5.32 Å². The van der Waals surface area contributed by atoms with Gasteiger partial charge >= 0.3 is 6.18 Å². The number of hydrogen-bond acceptors (Lipinski definition) is 2. The average Bonchev–Trinajstić information content (AvgIpc) is 2.16. The van der Waals surface area contributed by atoms with Crippen LogP contribution in [0.4, 0.5) is 18.9 Å². The summed E-state index contributed by atoms with van der Waals surface area (Å²) in [6.07, 6.45) is -4.57. The summed E-state index contributed by atoms with van der Waals surface area (Å²) in [5.74, 6) is -0.456. The fourth-order valence-corrected chi connectivity index (χ4v) is 1.66. The first-order chi connectivity index (χ1) is 8.49. The largest absolute Gasteiger partial charge is 0.417 e. The van der Waals surface area contributed by atoms with E-state index in [9.17, 15) is 18.0 Å². The maximum atomic E-state index is 12.6. The van der Waals surface area contributed by atoms with Crippen molar-refractivity contribution in [3.8, 4) is 0 Å². The quantitative estimate of drug-likeness (QED) is 0.897. The molecule has 1 rings (SSSR count). The molecule has 1 amide bonds. The number of carbonyl (C=O) groups excluding carboxylic acids is 1. The molecule has 3 N–H and O–H groups in total. The van der Waals surface area contributed by atoms with Gasteiger partial charge in [-0.3, -0.25) is 4.79 Å². The number of hydrogen-bond donors (Lipinski definition) is 2. The van der Waals surface area contributed by atoms with Crippen LogP contribution in [0.25, 0.3) is 0 Å². The minimum atomic E-state index is -4.56. The van der Waals surface area contributed by atoms with Crippen LogP contribution in [0.5, 0.6) is 0 Å². The lowest BCUT2D eigenvalue weighted by Crippen LogP contribution is -2.36. The Hall–Kier alpha value is -1.27. The van der Waals surface area contributed by atoms with Crippen LogP contribution in [-0.4, -0.2) is 11.4 Å². The molecule has 0 fully saturated rings. The van der Waals surface area contributed by atoms with Gasteiger partial charge in [0.1, 0.15) is 0 Å². The van der Waals surface area contributed by atoms with Crippen LogP contribution in [0, 0.1) is 0 Å². The molecule has 0 saturated carbocycles. The second-order valence-electron chi connectivity index (χ2n) is 4.91. The zero-order valence-electron chi connectivity index (χ0n) is 10.4. The maximum absolute atomic E-state index is 12.6. The minimum Gasteiger partial charge on any atom is -0.326 e. The Morgan fingerprint density at radius 2 is 1.95 bits per heavy atom. The van der Waals surface area contributed by atoms with Crippen molar-refractivity contribution in [1.82, 2.24) is 0 Å². The minimum absolute atomic E-state index is 0.00300. The highest BCUT2D eigenvalue weighted by atomic mass is 35.5. The van der Waals surface area contributed by atoms with Crippen molar-refractivity contribution >= 4 is 23.2 Å². The molecule has 0 aliphatic heterocycles. The zero-order valence-corrected chi connectivity index (χ0v) is 11.2. The summed E-state index contributed by atoms with van der Waals surface area (Å²) in [5, 5.41) is 1.95. The Morgan fingerprint density at radius 3 is 2.42 bits per heavy atom. The molecular weight excluding hydrogens is 281 g/mol. The van der Waals surface area contributed by atoms with E-state index in [1.165, 1.54) is 6.07 Å². The third-order valence-electron chi connectivity index (χ3n) is 2.17. The van der Waals surface area contributed by atoms with E-state index in [1.807, 2.05) is 0 Å². The van der Waals surface area contributed by atoms with Gasteiger partial charge in [0.25, 0.3) is 0 Å². The Morgan fingerprint density at radius 1 is 1.37 bits per heavy atom. The Balaban J connectivity index is 2.89. The molecule has 0 aliphatic rings. The molecule has 0 spiro atoms. The van der Waals surface area contributed by atoms with Crippen molar-refractivity contribution in [2.24, 2.45) is 5.73 Å². The number of benzene rings is 1. The van der Waals surface area contributed by atoms with E-state index < -0.39 is 28.2 Å². The first-order valence-electron chi connectivity index (χ1n) is 5.44. The Kier molecular flexibility index (Phi) is 4.47. The normalized spacial score (nSPS) is 12.4. The highest BCUT2D eigenvalue weighted by Crippen LogP contribution is 2.36. The zero-order chi connectivity index (χ0) is 14.8. The summed E-state index contributed by atoms with van der Waals surface area (Å²) in [7, 11) is 0. The predicted octanol–water partition coefficient (Wildman–Crippen LogP) is 3.42. The van der Waals surface area contributed by atoms with Crippen LogP contribution < -0.4 is 11.1 Å². The molecule has 0 aliphatic carbocycles. The van der Waals surface area contributed by atoms with Crippen LogP contribution in [0.1, 0.15) is 25.8 Å². The number of nitrogens with one attached hydrogen (secondary N) is 1. The molecule has 7 heteroatoms. The molecule has 106 valence electrons. The number of carbonyl (C=O) groups is 1. The summed E-state index contributed by atoms with van der Waals surface area (Å²) in [6, 6.07) is 3.19. The summed E-state index contributed by atoms with van der Waals surface area (Å²) in [5.41, 5.74) is 3.96. The average molecular weight is 295 g/mol.